The van der Waals surface area contributed by atoms with Crippen LogP contribution < -0.4 is 4.74 Å². The first-order chi connectivity index (χ1) is 10.0. The molecular weight excluding hydrogens is 288 g/mol. The van der Waals surface area contributed by atoms with Crippen molar-refractivity contribution in [3.8, 4) is 5.75 Å². The van der Waals surface area contributed by atoms with Gasteiger partial charge in [0.2, 0.25) is 0 Å². The number of benzene rings is 2. The average molecular weight is 305 g/mol. The third kappa shape index (κ3) is 4.80. The Morgan fingerprint density at radius 1 is 1.10 bits per heavy atom. The highest BCUT2D eigenvalue weighted by Gasteiger charge is 2.07. The summed E-state index contributed by atoms with van der Waals surface area (Å²) in [4.78, 5) is 11.7. The van der Waals surface area contributed by atoms with E-state index in [1.807, 2.05) is 50.2 Å². The smallest absolute Gasteiger partial charge is 0.344 e. The van der Waals surface area contributed by atoms with E-state index in [1.165, 1.54) is 0 Å². The molecule has 0 amide bonds. The van der Waals surface area contributed by atoms with Crippen molar-refractivity contribution in [3.63, 3.8) is 0 Å². The fourth-order valence-electron chi connectivity index (χ4n) is 1.97. The third-order valence-electron chi connectivity index (χ3n) is 2.90. The lowest BCUT2D eigenvalue weighted by Crippen LogP contribution is -2.15. The van der Waals surface area contributed by atoms with Crippen LogP contribution in [0.1, 0.15) is 16.7 Å². The molecule has 0 aliphatic heterocycles. The van der Waals surface area contributed by atoms with Gasteiger partial charge in [-0.05, 0) is 43.2 Å². The van der Waals surface area contributed by atoms with Gasteiger partial charge in [0.1, 0.15) is 12.4 Å². The number of hydrogen-bond donors (Lipinski definition) is 0. The van der Waals surface area contributed by atoms with Gasteiger partial charge in [0.05, 0.1) is 0 Å². The molecule has 0 radical (unpaired) electrons. The SMILES string of the molecule is Cc1cc(C)cc(OCC(=O)OCc2ccccc2Cl)c1. The maximum atomic E-state index is 11.7. The number of hydrogen-bond acceptors (Lipinski definition) is 3. The molecule has 2 aromatic rings. The van der Waals surface area contributed by atoms with Crippen LogP contribution in [-0.4, -0.2) is 12.6 Å². The van der Waals surface area contributed by atoms with Crippen LogP contribution in [0, 0.1) is 13.8 Å². The number of halogens is 1. The second kappa shape index (κ2) is 7.14. The quantitative estimate of drug-likeness (QED) is 0.781. The number of esters is 1. The monoisotopic (exact) mass is 304 g/mol. The predicted molar refractivity (Wildman–Crippen MR) is 82.7 cm³/mol. The Kier molecular flexibility index (Phi) is 5.23. The van der Waals surface area contributed by atoms with E-state index in [0.29, 0.717) is 10.8 Å². The van der Waals surface area contributed by atoms with Gasteiger partial charge >= 0.3 is 5.97 Å². The molecule has 0 saturated heterocycles. The molecule has 110 valence electrons. The van der Waals surface area contributed by atoms with Crippen LogP contribution in [0.4, 0.5) is 0 Å². The lowest BCUT2D eigenvalue weighted by molar-refractivity contribution is -0.147. The summed E-state index contributed by atoms with van der Waals surface area (Å²) in [5.74, 6) is 0.247. The van der Waals surface area contributed by atoms with E-state index >= 15 is 0 Å². The van der Waals surface area contributed by atoms with Gasteiger partial charge in [0, 0.05) is 10.6 Å². The molecule has 0 heterocycles. The summed E-state index contributed by atoms with van der Waals surface area (Å²) in [5.41, 5.74) is 2.96. The Labute approximate surface area is 129 Å². The van der Waals surface area contributed by atoms with Gasteiger partial charge in [-0.1, -0.05) is 35.9 Å². The van der Waals surface area contributed by atoms with Gasteiger partial charge in [0.15, 0.2) is 6.61 Å². The standard InChI is InChI=1S/C17H17ClO3/c1-12-7-13(2)9-15(8-12)20-11-17(19)21-10-14-5-3-4-6-16(14)18/h3-9H,10-11H2,1-2H3. The Bertz CT molecular complexity index is 617. The van der Waals surface area contributed by atoms with Crippen LogP contribution in [0.25, 0.3) is 0 Å². The fraction of sp³-hybridized carbons (Fsp3) is 0.235. The molecule has 0 bridgehead atoms. The molecule has 0 spiro atoms. The van der Waals surface area contributed by atoms with E-state index < -0.39 is 5.97 Å². The van der Waals surface area contributed by atoms with Crippen LogP contribution in [0.2, 0.25) is 5.02 Å². The van der Waals surface area contributed by atoms with E-state index in [-0.39, 0.29) is 13.2 Å². The maximum Gasteiger partial charge on any atom is 0.344 e. The normalized spacial score (nSPS) is 10.2. The summed E-state index contributed by atoms with van der Waals surface area (Å²) < 4.78 is 10.6. The summed E-state index contributed by atoms with van der Waals surface area (Å²) in [6.45, 7) is 3.99. The fourth-order valence-corrected chi connectivity index (χ4v) is 2.16. The zero-order chi connectivity index (χ0) is 15.2. The largest absolute Gasteiger partial charge is 0.482 e. The average Bonchev–Trinajstić information content (AvgIpc) is 2.43. The summed E-state index contributed by atoms with van der Waals surface area (Å²) >= 11 is 5.99. The Hall–Kier alpha value is -2.00. The lowest BCUT2D eigenvalue weighted by Gasteiger charge is -2.09. The zero-order valence-electron chi connectivity index (χ0n) is 12.1. The predicted octanol–water partition coefficient (Wildman–Crippen LogP) is 4.08. The van der Waals surface area contributed by atoms with Crippen molar-refractivity contribution >= 4 is 17.6 Å². The minimum atomic E-state index is -0.422. The molecule has 0 atom stereocenters. The summed E-state index contributed by atoms with van der Waals surface area (Å²) in [7, 11) is 0. The van der Waals surface area contributed by atoms with Gasteiger partial charge in [-0.2, -0.15) is 0 Å². The van der Waals surface area contributed by atoms with Crippen molar-refractivity contribution in [2.24, 2.45) is 0 Å². The van der Waals surface area contributed by atoms with Crippen LogP contribution in [0.3, 0.4) is 0 Å². The topological polar surface area (TPSA) is 35.5 Å². The van der Waals surface area contributed by atoms with Crippen molar-refractivity contribution in [2.75, 3.05) is 6.61 Å². The summed E-state index contributed by atoms with van der Waals surface area (Å²) in [6.07, 6.45) is 0. The zero-order valence-corrected chi connectivity index (χ0v) is 12.8. The van der Waals surface area contributed by atoms with E-state index in [2.05, 4.69) is 0 Å². The molecule has 0 aliphatic carbocycles. The lowest BCUT2D eigenvalue weighted by atomic mass is 10.1. The van der Waals surface area contributed by atoms with Crippen LogP contribution in [0.15, 0.2) is 42.5 Å². The highest BCUT2D eigenvalue weighted by molar-refractivity contribution is 6.31. The van der Waals surface area contributed by atoms with E-state index in [0.717, 1.165) is 16.7 Å². The molecule has 21 heavy (non-hydrogen) atoms. The van der Waals surface area contributed by atoms with Gasteiger partial charge in [-0.3, -0.25) is 0 Å². The summed E-state index contributed by atoms with van der Waals surface area (Å²) in [6, 6.07) is 13.1. The molecule has 0 fully saturated rings. The number of aryl methyl sites for hydroxylation is 2. The number of carbonyl (C=O) groups excluding carboxylic acids is 1. The molecule has 4 heteroatoms. The third-order valence-corrected chi connectivity index (χ3v) is 3.27. The first-order valence-corrected chi connectivity index (χ1v) is 7.02. The second-order valence-corrected chi connectivity index (χ2v) is 5.27. The van der Waals surface area contributed by atoms with Gasteiger partial charge in [-0.25, -0.2) is 4.79 Å². The first-order valence-electron chi connectivity index (χ1n) is 6.65. The van der Waals surface area contributed by atoms with Crippen LogP contribution in [0.5, 0.6) is 5.75 Å². The van der Waals surface area contributed by atoms with Crippen molar-refractivity contribution < 1.29 is 14.3 Å². The molecule has 0 N–H and O–H groups in total. The number of carbonyl (C=O) groups is 1. The van der Waals surface area contributed by atoms with E-state index in [1.54, 1.807) is 6.07 Å². The number of rotatable bonds is 5. The highest BCUT2D eigenvalue weighted by Crippen LogP contribution is 2.17. The minimum absolute atomic E-state index is 0.118. The van der Waals surface area contributed by atoms with Crippen molar-refractivity contribution in [1.82, 2.24) is 0 Å². The Morgan fingerprint density at radius 3 is 2.43 bits per heavy atom. The van der Waals surface area contributed by atoms with Crippen molar-refractivity contribution in [2.45, 2.75) is 20.5 Å². The van der Waals surface area contributed by atoms with Crippen molar-refractivity contribution in [1.29, 1.82) is 0 Å². The summed E-state index contributed by atoms with van der Waals surface area (Å²) in [5, 5.41) is 0.584. The number of ether oxygens (including phenoxy) is 2. The molecule has 2 rings (SSSR count). The maximum absolute atomic E-state index is 11.7. The van der Waals surface area contributed by atoms with Crippen LogP contribution in [-0.2, 0) is 16.1 Å². The Balaban J connectivity index is 1.84. The molecule has 0 unspecified atom stereocenters. The van der Waals surface area contributed by atoms with Crippen molar-refractivity contribution in [3.05, 3.63) is 64.2 Å². The minimum Gasteiger partial charge on any atom is -0.482 e. The molecule has 0 aromatic heterocycles. The van der Waals surface area contributed by atoms with E-state index in [4.69, 9.17) is 21.1 Å². The first kappa shape index (κ1) is 15.4. The van der Waals surface area contributed by atoms with Gasteiger partial charge in [-0.15, -0.1) is 0 Å². The van der Waals surface area contributed by atoms with Gasteiger partial charge in [0.25, 0.3) is 0 Å². The van der Waals surface area contributed by atoms with Crippen LogP contribution >= 0.6 is 11.6 Å². The molecule has 3 nitrogen and oxygen atoms in total. The second-order valence-electron chi connectivity index (χ2n) is 4.86. The molecule has 2 aromatic carbocycles. The Morgan fingerprint density at radius 2 is 1.76 bits per heavy atom. The molecule has 0 aliphatic rings. The van der Waals surface area contributed by atoms with Gasteiger partial charge < -0.3 is 9.47 Å². The molecule has 0 saturated carbocycles. The highest BCUT2D eigenvalue weighted by atomic mass is 35.5. The van der Waals surface area contributed by atoms with E-state index in [9.17, 15) is 4.79 Å². The molecular formula is C17H17ClO3.